The lowest BCUT2D eigenvalue weighted by Gasteiger charge is -2.38. The maximum atomic E-state index is 5.67. The van der Waals surface area contributed by atoms with Gasteiger partial charge in [-0.15, -0.1) is 0 Å². The van der Waals surface area contributed by atoms with Crippen LogP contribution in [0.5, 0.6) is 5.75 Å². The number of hydrogen-bond acceptors (Lipinski definition) is 3. The number of nitrogen functional groups attached to an aromatic ring is 1. The van der Waals surface area contributed by atoms with E-state index in [0.717, 1.165) is 30.5 Å². The van der Waals surface area contributed by atoms with E-state index in [1.54, 1.807) is 0 Å². The second-order valence-corrected chi connectivity index (χ2v) is 4.45. The Morgan fingerprint density at radius 1 is 1.44 bits per heavy atom. The van der Waals surface area contributed by atoms with Gasteiger partial charge < -0.3 is 10.5 Å². The molecule has 0 amide bonds. The molecule has 3 heteroatoms. The molecular formula is C13H20N2O. The largest absolute Gasteiger partial charge is 0.492 e. The normalized spacial score (nSPS) is 17.1. The number of ether oxygens (including phenoxy) is 1. The lowest BCUT2D eigenvalue weighted by Crippen LogP contribution is -2.47. The van der Waals surface area contributed by atoms with Crippen LogP contribution in [0.3, 0.4) is 0 Å². The van der Waals surface area contributed by atoms with E-state index in [1.807, 2.05) is 24.3 Å². The van der Waals surface area contributed by atoms with E-state index in [0.29, 0.717) is 0 Å². The van der Waals surface area contributed by atoms with Crippen LogP contribution in [0, 0.1) is 5.92 Å². The first-order chi connectivity index (χ1) is 7.78. The number of anilines is 1. The average molecular weight is 220 g/mol. The molecule has 0 unspecified atom stereocenters. The van der Waals surface area contributed by atoms with Crippen LogP contribution >= 0.6 is 0 Å². The Morgan fingerprint density at radius 3 is 2.94 bits per heavy atom. The molecule has 1 heterocycles. The zero-order valence-corrected chi connectivity index (χ0v) is 9.86. The molecule has 1 aliphatic rings. The molecule has 0 spiro atoms. The molecule has 0 aliphatic carbocycles. The van der Waals surface area contributed by atoms with Gasteiger partial charge in [-0.3, -0.25) is 4.90 Å². The Labute approximate surface area is 97.2 Å². The number of nitrogens with zero attached hydrogens (tertiary/aromatic N) is 1. The SMILES string of the molecule is CCC1CN(CCOc2cccc(N)c2)C1. The minimum absolute atomic E-state index is 0.750. The van der Waals surface area contributed by atoms with Gasteiger partial charge in [0.15, 0.2) is 0 Å². The van der Waals surface area contributed by atoms with Crippen LogP contribution in [0.2, 0.25) is 0 Å². The Hall–Kier alpha value is -1.22. The van der Waals surface area contributed by atoms with Crippen LogP contribution in [0.1, 0.15) is 13.3 Å². The van der Waals surface area contributed by atoms with Crippen molar-refractivity contribution >= 4 is 5.69 Å². The Kier molecular flexibility index (Phi) is 3.67. The second kappa shape index (κ2) is 5.21. The molecule has 1 aromatic rings. The van der Waals surface area contributed by atoms with Crippen LogP contribution in [-0.2, 0) is 0 Å². The summed E-state index contributed by atoms with van der Waals surface area (Å²) < 4.78 is 5.64. The van der Waals surface area contributed by atoms with E-state index in [1.165, 1.54) is 19.5 Å². The van der Waals surface area contributed by atoms with Gasteiger partial charge in [0.25, 0.3) is 0 Å². The fourth-order valence-corrected chi connectivity index (χ4v) is 2.01. The van der Waals surface area contributed by atoms with Gasteiger partial charge in [-0.05, 0) is 18.1 Å². The summed E-state index contributed by atoms with van der Waals surface area (Å²) in [6.07, 6.45) is 1.30. The van der Waals surface area contributed by atoms with Gasteiger partial charge in [-0.25, -0.2) is 0 Å². The van der Waals surface area contributed by atoms with Crippen molar-refractivity contribution in [3.63, 3.8) is 0 Å². The van der Waals surface area contributed by atoms with Gasteiger partial charge in [0, 0.05) is 31.4 Å². The zero-order valence-electron chi connectivity index (χ0n) is 9.86. The van der Waals surface area contributed by atoms with Gasteiger partial charge >= 0.3 is 0 Å². The molecule has 0 radical (unpaired) electrons. The molecule has 3 nitrogen and oxygen atoms in total. The number of benzene rings is 1. The Bertz CT molecular complexity index is 334. The van der Waals surface area contributed by atoms with E-state index in [9.17, 15) is 0 Å². The van der Waals surface area contributed by atoms with Crippen molar-refractivity contribution in [1.82, 2.24) is 4.90 Å². The predicted octanol–water partition coefficient (Wildman–Crippen LogP) is 1.99. The van der Waals surface area contributed by atoms with Crippen LogP contribution < -0.4 is 10.5 Å². The molecule has 1 aliphatic heterocycles. The highest BCUT2D eigenvalue weighted by atomic mass is 16.5. The summed E-state index contributed by atoms with van der Waals surface area (Å²) in [6.45, 7) is 6.49. The zero-order chi connectivity index (χ0) is 11.4. The van der Waals surface area contributed by atoms with Gasteiger partial charge in [0.1, 0.15) is 12.4 Å². The third kappa shape index (κ3) is 2.89. The fourth-order valence-electron chi connectivity index (χ4n) is 2.01. The van der Waals surface area contributed by atoms with Crippen molar-refractivity contribution in [2.75, 3.05) is 32.0 Å². The summed E-state index contributed by atoms with van der Waals surface area (Å²) in [5, 5.41) is 0. The number of rotatable bonds is 5. The average Bonchev–Trinajstić information content (AvgIpc) is 2.21. The van der Waals surface area contributed by atoms with E-state index >= 15 is 0 Å². The Morgan fingerprint density at radius 2 is 2.25 bits per heavy atom. The van der Waals surface area contributed by atoms with Crippen molar-refractivity contribution in [3.8, 4) is 5.75 Å². The first kappa shape index (κ1) is 11.3. The summed E-state index contributed by atoms with van der Waals surface area (Å²) in [4.78, 5) is 2.43. The fraction of sp³-hybridized carbons (Fsp3) is 0.538. The Balaban J connectivity index is 1.65. The quantitative estimate of drug-likeness (QED) is 0.771. The highest BCUT2D eigenvalue weighted by Crippen LogP contribution is 2.18. The molecule has 1 saturated heterocycles. The predicted molar refractivity (Wildman–Crippen MR) is 66.6 cm³/mol. The molecule has 1 fully saturated rings. The van der Waals surface area contributed by atoms with Crippen molar-refractivity contribution in [2.24, 2.45) is 5.92 Å². The smallest absolute Gasteiger partial charge is 0.121 e. The van der Waals surface area contributed by atoms with E-state index < -0.39 is 0 Å². The van der Waals surface area contributed by atoms with Gasteiger partial charge in [-0.2, -0.15) is 0 Å². The molecule has 0 atom stereocenters. The van der Waals surface area contributed by atoms with Crippen LogP contribution in [0.15, 0.2) is 24.3 Å². The molecular weight excluding hydrogens is 200 g/mol. The molecule has 0 bridgehead atoms. The molecule has 0 saturated carbocycles. The van der Waals surface area contributed by atoms with Crippen LogP contribution in [0.25, 0.3) is 0 Å². The monoisotopic (exact) mass is 220 g/mol. The summed E-state index contributed by atoms with van der Waals surface area (Å²) in [5.41, 5.74) is 6.43. The lowest BCUT2D eigenvalue weighted by atomic mass is 9.98. The minimum atomic E-state index is 0.750. The standard InChI is InChI=1S/C13H20N2O/c1-2-11-9-15(10-11)6-7-16-13-5-3-4-12(14)8-13/h3-5,8,11H,2,6-7,9-10,14H2,1H3. The molecule has 16 heavy (non-hydrogen) atoms. The molecule has 0 aromatic heterocycles. The maximum Gasteiger partial charge on any atom is 0.121 e. The van der Waals surface area contributed by atoms with Gasteiger partial charge in [0.2, 0.25) is 0 Å². The van der Waals surface area contributed by atoms with Crippen LogP contribution in [0.4, 0.5) is 5.69 Å². The van der Waals surface area contributed by atoms with Crippen LogP contribution in [-0.4, -0.2) is 31.1 Å². The third-order valence-electron chi connectivity index (χ3n) is 3.14. The van der Waals surface area contributed by atoms with Crippen molar-refractivity contribution < 1.29 is 4.74 Å². The molecule has 2 N–H and O–H groups in total. The number of nitrogens with two attached hydrogens (primary N) is 1. The highest BCUT2D eigenvalue weighted by molar-refractivity contribution is 5.43. The lowest BCUT2D eigenvalue weighted by molar-refractivity contribution is 0.0806. The van der Waals surface area contributed by atoms with Gasteiger partial charge in [-0.1, -0.05) is 19.4 Å². The second-order valence-electron chi connectivity index (χ2n) is 4.45. The first-order valence-electron chi connectivity index (χ1n) is 5.98. The first-order valence-corrected chi connectivity index (χ1v) is 5.98. The van der Waals surface area contributed by atoms with E-state index in [4.69, 9.17) is 10.5 Å². The van der Waals surface area contributed by atoms with E-state index in [2.05, 4.69) is 11.8 Å². The molecule has 2 rings (SSSR count). The van der Waals surface area contributed by atoms with E-state index in [-0.39, 0.29) is 0 Å². The third-order valence-corrected chi connectivity index (χ3v) is 3.14. The highest BCUT2D eigenvalue weighted by Gasteiger charge is 2.24. The summed E-state index contributed by atoms with van der Waals surface area (Å²) in [7, 11) is 0. The summed E-state index contributed by atoms with van der Waals surface area (Å²) in [5.74, 6) is 1.78. The number of hydrogen-bond donors (Lipinski definition) is 1. The van der Waals surface area contributed by atoms with Crippen molar-refractivity contribution in [2.45, 2.75) is 13.3 Å². The minimum Gasteiger partial charge on any atom is -0.492 e. The van der Waals surface area contributed by atoms with Crippen molar-refractivity contribution in [3.05, 3.63) is 24.3 Å². The molecule has 1 aromatic carbocycles. The summed E-state index contributed by atoms with van der Waals surface area (Å²) >= 11 is 0. The molecule has 88 valence electrons. The van der Waals surface area contributed by atoms with Crippen molar-refractivity contribution in [1.29, 1.82) is 0 Å². The van der Waals surface area contributed by atoms with Gasteiger partial charge in [0.05, 0.1) is 0 Å². The summed E-state index contributed by atoms with van der Waals surface area (Å²) in [6, 6.07) is 7.60. The maximum absolute atomic E-state index is 5.67. The number of likely N-dealkylation sites (tertiary alicyclic amines) is 1. The topological polar surface area (TPSA) is 38.5 Å².